The predicted molar refractivity (Wildman–Crippen MR) is 91.7 cm³/mol. The molecule has 1 aromatic rings. The summed E-state index contributed by atoms with van der Waals surface area (Å²) in [4.78, 5) is 2.68. The molecule has 1 saturated carbocycles. The number of hydrogen-bond donors (Lipinski definition) is 1. The lowest BCUT2D eigenvalue weighted by molar-refractivity contribution is 0.0375. The molecule has 2 N–H and O–H groups in total. The van der Waals surface area contributed by atoms with Crippen LogP contribution in [0.4, 0.5) is 0 Å². The SMILES string of the molecule is CCC(N)C(c1ccsc1)N1CCC2(CCCCC2)CC1. The normalized spacial score (nSPS) is 25.8. The largest absolute Gasteiger partial charge is 0.326 e. The summed E-state index contributed by atoms with van der Waals surface area (Å²) in [6.45, 7) is 4.71. The summed E-state index contributed by atoms with van der Waals surface area (Å²) in [6, 6.07) is 2.97. The van der Waals surface area contributed by atoms with E-state index in [2.05, 4.69) is 28.7 Å². The fourth-order valence-electron chi connectivity index (χ4n) is 4.47. The summed E-state index contributed by atoms with van der Waals surface area (Å²) in [6.07, 6.45) is 11.2. The molecule has 0 bridgehead atoms. The second kappa shape index (κ2) is 6.80. The predicted octanol–water partition coefficient (Wildman–Crippen LogP) is 4.57. The van der Waals surface area contributed by atoms with E-state index in [1.54, 1.807) is 11.3 Å². The van der Waals surface area contributed by atoms with Crippen molar-refractivity contribution in [2.24, 2.45) is 11.1 Å². The van der Waals surface area contributed by atoms with Crippen LogP contribution in [0.2, 0.25) is 0 Å². The summed E-state index contributed by atoms with van der Waals surface area (Å²) in [5, 5.41) is 4.49. The van der Waals surface area contributed by atoms with Crippen LogP contribution in [0.25, 0.3) is 0 Å². The minimum Gasteiger partial charge on any atom is -0.326 e. The molecule has 1 aliphatic heterocycles. The number of nitrogens with zero attached hydrogens (tertiary/aromatic N) is 1. The molecule has 0 radical (unpaired) electrons. The summed E-state index contributed by atoms with van der Waals surface area (Å²) < 4.78 is 0. The van der Waals surface area contributed by atoms with Crippen LogP contribution in [-0.4, -0.2) is 24.0 Å². The molecule has 1 spiro atoms. The van der Waals surface area contributed by atoms with Gasteiger partial charge >= 0.3 is 0 Å². The van der Waals surface area contributed by atoms with E-state index in [-0.39, 0.29) is 6.04 Å². The topological polar surface area (TPSA) is 29.3 Å². The van der Waals surface area contributed by atoms with E-state index >= 15 is 0 Å². The van der Waals surface area contributed by atoms with Crippen molar-refractivity contribution in [3.63, 3.8) is 0 Å². The van der Waals surface area contributed by atoms with Gasteiger partial charge in [-0.25, -0.2) is 0 Å². The Labute approximate surface area is 133 Å². The Bertz CT molecular complexity index is 412. The first-order valence-corrected chi connectivity index (χ1v) is 9.70. The van der Waals surface area contributed by atoms with Gasteiger partial charge in [0, 0.05) is 6.04 Å². The van der Waals surface area contributed by atoms with Crippen LogP contribution in [0.3, 0.4) is 0 Å². The van der Waals surface area contributed by atoms with Gasteiger partial charge in [-0.1, -0.05) is 26.2 Å². The molecular weight excluding hydrogens is 276 g/mol. The van der Waals surface area contributed by atoms with E-state index in [0.717, 1.165) is 6.42 Å². The van der Waals surface area contributed by atoms with Crippen molar-refractivity contribution in [3.05, 3.63) is 22.4 Å². The van der Waals surface area contributed by atoms with Crippen LogP contribution in [-0.2, 0) is 0 Å². The Morgan fingerprint density at radius 2 is 1.90 bits per heavy atom. The number of likely N-dealkylation sites (tertiary alicyclic amines) is 1. The van der Waals surface area contributed by atoms with E-state index < -0.39 is 0 Å². The van der Waals surface area contributed by atoms with E-state index in [1.807, 2.05) is 0 Å². The minimum atomic E-state index is 0.264. The molecule has 3 rings (SSSR count). The van der Waals surface area contributed by atoms with Crippen LogP contribution < -0.4 is 5.73 Å². The molecule has 2 nitrogen and oxygen atoms in total. The van der Waals surface area contributed by atoms with Crippen molar-refractivity contribution in [2.45, 2.75) is 70.4 Å². The first kappa shape index (κ1) is 15.5. The van der Waals surface area contributed by atoms with Gasteiger partial charge in [-0.3, -0.25) is 4.90 Å². The molecule has 2 aliphatic rings. The second-order valence-electron chi connectivity index (χ2n) is 7.17. The van der Waals surface area contributed by atoms with Gasteiger partial charge in [-0.2, -0.15) is 11.3 Å². The fourth-order valence-corrected chi connectivity index (χ4v) is 5.16. The molecule has 118 valence electrons. The van der Waals surface area contributed by atoms with Gasteiger partial charge in [-0.05, 0) is 73.0 Å². The zero-order chi connectivity index (χ0) is 14.7. The quantitative estimate of drug-likeness (QED) is 0.882. The summed E-state index contributed by atoms with van der Waals surface area (Å²) in [5.74, 6) is 0. The van der Waals surface area contributed by atoms with Gasteiger partial charge in [0.2, 0.25) is 0 Å². The minimum absolute atomic E-state index is 0.264. The third kappa shape index (κ3) is 3.35. The van der Waals surface area contributed by atoms with Crippen LogP contribution in [0.5, 0.6) is 0 Å². The van der Waals surface area contributed by atoms with E-state index in [9.17, 15) is 0 Å². The molecule has 1 aliphatic carbocycles. The molecule has 1 aromatic heterocycles. The van der Waals surface area contributed by atoms with Crippen molar-refractivity contribution in [3.8, 4) is 0 Å². The Morgan fingerprint density at radius 1 is 1.19 bits per heavy atom. The molecule has 2 atom stereocenters. The van der Waals surface area contributed by atoms with Crippen molar-refractivity contribution in [1.82, 2.24) is 4.90 Å². The third-order valence-corrected chi connectivity index (χ3v) is 6.63. The van der Waals surface area contributed by atoms with Crippen molar-refractivity contribution in [2.75, 3.05) is 13.1 Å². The molecule has 1 saturated heterocycles. The van der Waals surface area contributed by atoms with Gasteiger partial charge in [0.15, 0.2) is 0 Å². The van der Waals surface area contributed by atoms with Gasteiger partial charge in [0.05, 0.1) is 6.04 Å². The molecule has 0 amide bonds. The summed E-state index contributed by atoms with van der Waals surface area (Å²) >= 11 is 1.80. The van der Waals surface area contributed by atoms with Crippen molar-refractivity contribution >= 4 is 11.3 Å². The highest BCUT2D eigenvalue weighted by molar-refractivity contribution is 7.07. The molecule has 2 heterocycles. The molecular formula is C18H30N2S. The van der Waals surface area contributed by atoms with Gasteiger partial charge in [-0.15, -0.1) is 0 Å². The highest BCUT2D eigenvalue weighted by atomic mass is 32.1. The van der Waals surface area contributed by atoms with Crippen LogP contribution in [0.15, 0.2) is 16.8 Å². The molecule has 21 heavy (non-hydrogen) atoms. The van der Waals surface area contributed by atoms with Crippen molar-refractivity contribution in [1.29, 1.82) is 0 Å². The maximum Gasteiger partial charge on any atom is 0.0507 e. The Kier molecular flexibility index (Phi) is 5.03. The first-order chi connectivity index (χ1) is 10.2. The molecule has 3 heteroatoms. The van der Waals surface area contributed by atoms with Crippen molar-refractivity contribution < 1.29 is 0 Å². The van der Waals surface area contributed by atoms with E-state index in [1.165, 1.54) is 63.6 Å². The third-order valence-electron chi connectivity index (χ3n) is 5.93. The molecule has 2 fully saturated rings. The summed E-state index contributed by atoms with van der Waals surface area (Å²) in [7, 11) is 0. The van der Waals surface area contributed by atoms with E-state index in [0.29, 0.717) is 11.5 Å². The molecule has 2 unspecified atom stereocenters. The van der Waals surface area contributed by atoms with Crippen LogP contribution in [0.1, 0.15) is 69.9 Å². The number of rotatable bonds is 4. The average Bonchev–Trinajstić information content (AvgIpc) is 3.04. The number of piperidine rings is 1. The van der Waals surface area contributed by atoms with E-state index in [4.69, 9.17) is 5.73 Å². The Hall–Kier alpha value is -0.380. The number of hydrogen-bond acceptors (Lipinski definition) is 3. The maximum absolute atomic E-state index is 6.47. The van der Waals surface area contributed by atoms with Crippen LogP contribution in [0, 0.1) is 5.41 Å². The van der Waals surface area contributed by atoms with Gasteiger partial charge < -0.3 is 5.73 Å². The second-order valence-corrected chi connectivity index (χ2v) is 7.95. The van der Waals surface area contributed by atoms with Crippen LogP contribution >= 0.6 is 11.3 Å². The monoisotopic (exact) mass is 306 g/mol. The lowest BCUT2D eigenvalue weighted by Crippen LogP contribution is -2.47. The lowest BCUT2D eigenvalue weighted by atomic mass is 9.68. The number of thiophene rings is 1. The Balaban J connectivity index is 1.68. The first-order valence-electron chi connectivity index (χ1n) is 8.76. The summed E-state index contributed by atoms with van der Waals surface area (Å²) in [5.41, 5.74) is 8.60. The Morgan fingerprint density at radius 3 is 2.48 bits per heavy atom. The zero-order valence-corrected chi connectivity index (χ0v) is 14.2. The lowest BCUT2D eigenvalue weighted by Gasteiger charge is -2.47. The number of nitrogens with two attached hydrogens (primary N) is 1. The van der Waals surface area contributed by atoms with Gasteiger partial charge in [0.1, 0.15) is 0 Å². The average molecular weight is 307 g/mol. The fraction of sp³-hybridized carbons (Fsp3) is 0.778. The highest BCUT2D eigenvalue weighted by Crippen LogP contribution is 2.46. The standard InChI is InChI=1S/C18H30N2S/c1-2-16(19)17(15-6-13-21-14-15)20-11-9-18(10-12-20)7-4-3-5-8-18/h6,13-14,16-17H,2-5,7-12,19H2,1H3. The maximum atomic E-state index is 6.47. The van der Waals surface area contributed by atoms with Gasteiger partial charge in [0.25, 0.3) is 0 Å². The molecule has 0 aromatic carbocycles. The zero-order valence-electron chi connectivity index (χ0n) is 13.4. The highest BCUT2D eigenvalue weighted by Gasteiger charge is 2.38. The smallest absolute Gasteiger partial charge is 0.0507 e.